The summed E-state index contributed by atoms with van der Waals surface area (Å²) in [5.74, 6) is -0.155. The Balaban J connectivity index is 2.76. The molecule has 4 nitrogen and oxygen atoms in total. The van der Waals surface area contributed by atoms with Gasteiger partial charge in [-0.1, -0.05) is 13.8 Å². The minimum absolute atomic E-state index is 0.0373. The van der Waals surface area contributed by atoms with Gasteiger partial charge in [0.25, 0.3) is 0 Å². The fraction of sp³-hybridized carbons (Fsp3) is 0.667. The topological polar surface area (TPSA) is 42.4 Å². The molecule has 0 aliphatic heterocycles. The van der Waals surface area contributed by atoms with E-state index < -0.39 is 0 Å². The van der Waals surface area contributed by atoms with Gasteiger partial charge in [-0.15, -0.1) is 11.3 Å². The van der Waals surface area contributed by atoms with Crippen molar-refractivity contribution in [3.8, 4) is 0 Å². The van der Waals surface area contributed by atoms with Crippen LogP contribution in [-0.4, -0.2) is 35.5 Å². The number of nitrogens with zero attached hydrogens (tertiary/aromatic N) is 2. The van der Waals surface area contributed by atoms with E-state index in [4.69, 9.17) is 4.74 Å². The molecular formula is C12H20N2O2S. The molecule has 0 amide bonds. The number of carbonyl (C=O) groups excluding carboxylic acids is 1. The second kappa shape index (κ2) is 7.40. The van der Waals surface area contributed by atoms with E-state index >= 15 is 0 Å². The lowest BCUT2D eigenvalue weighted by Gasteiger charge is -2.27. The highest BCUT2D eigenvalue weighted by Gasteiger charge is 2.23. The minimum Gasteiger partial charge on any atom is -0.466 e. The zero-order valence-corrected chi connectivity index (χ0v) is 11.5. The predicted molar refractivity (Wildman–Crippen MR) is 69.0 cm³/mol. The zero-order chi connectivity index (χ0) is 12.7. The standard InChI is InChI=1S/C12H20N2O2S/c1-4-14(5-2)11(7-12(15)16-6-3)10-8-17-9-13-10/h8-9,11H,4-7H2,1-3H3. The molecule has 0 radical (unpaired) electrons. The van der Waals surface area contributed by atoms with Crippen LogP contribution in [0.25, 0.3) is 0 Å². The summed E-state index contributed by atoms with van der Waals surface area (Å²) in [5, 5.41) is 2.00. The molecule has 0 saturated carbocycles. The average Bonchev–Trinajstić information content (AvgIpc) is 2.83. The molecule has 0 aromatic carbocycles. The van der Waals surface area contributed by atoms with Gasteiger partial charge in [0, 0.05) is 5.38 Å². The SMILES string of the molecule is CCOC(=O)CC(c1cscn1)N(CC)CC. The Morgan fingerprint density at radius 2 is 2.18 bits per heavy atom. The van der Waals surface area contributed by atoms with Crippen LogP contribution in [0.1, 0.15) is 38.9 Å². The maximum Gasteiger partial charge on any atom is 0.307 e. The van der Waals surface area contributed by atoms with Crippen LogP contribution in [0.5, 0.6) is 0 Å². The van der Waals surface area contributed by atoms with E-state index in [0.29, 0.717) is 13.0 Å². The number of esters is 1. The van der Waals surface area contributed by atoms with Gasteiger partial charge in [-0.25, -0.2) is 4.98 Å². The molecule has 1 unspecified atom stereocenters. The molecule has 1 aromatic rings. The number of carbonyl (C=O) groups is 1. The molecule has 1 rings (SSSR count). The Morgan fingerprint density at radius 1 is 1.47 bits per heavy atom. The molecule has 0 spiro atoms. The van der Waals surface area contributed by atoms with Crippen LogP contribution >= 0.6 is 11.3 Å². The fourth-order valence-corrected chi connectivity index (χ4v) is 2.45. The Hall–Kier alpha value is -0.940. The first-order chi connectivity index (χ1) is 8.22. The molecule has 96 valence electrons. The molecule has 0 bridgehead atoms. The van der Waals surface area contributed by atoms with E-state index in [1.54, 1.807) is 16.8 Å². The Bertz CT molecular complexity index is 323. The monoisotopic (exact) mass is 256 g/mol. The smallest absolute Gasteiger partial charge is 0.307 e. The minimum atomic E-state index is -0.155. The third-order valence-electron chi connectivity index (χ3n) is 2.71. The van der Waals surface area contributed by atoms with Gasteiger partial charge in [-0.05, 0) is 20.0 Å². The highest BCUT2D eigenvalue weighted by atomic mass is 32.1. The third-order valence-corrected chi connectivity index (χ3v) is 3.32. The van der Waals surface area contributed by atoms with Crippen LogP contribution in [0.2, 0.25) is 0 Å². The summed E-state index contributed by atoms with van der Waals surface area (Å²) in [4.78, 5) is 18.2. The lowest BCUT2D eigenvalue weighted by atomic mass is 10.1. The Kier molecular flexibility index (Phi) is 6.15. The first kappa shape index (κ1) is 14.1. The lowest BCUT2D eigenvalue weighted by molar-refractivity contribution is -0.144. The summed E-state index contributed by atoms with van der Waals surface area (Å²) in [5.41, 5.74) is 2.77. The molecule has 1 atom stereocenters. The number of rotatable bonds is 7. The molecule has 0 N–H and O–H groups in total. The first-order valence-corrected chi connectivity index (χ1v) is 6.94. The molecule has 0 aliphatic carbocycles. The molecule has 1 heterocycles. The average molecular weight is 256 g/mol. The maximum absolute atomic E-state index is 11.6. The van der Waals surface area contributed by atoms with E-state index in [1.165, 1.54) is 0 Å². The molecule has 1 aromatic heterocycles. The second-order valence-corrected chi connectivity index (χ2v) is 4.38. The van der Waals surface area contributed by atoms with Crippen LogP contribution in [-0.2, 0) is 9.53 Å². The van der Waals surface area contributed by atoms with Crippen LogP contribution in [0.15, 0.2) is 10.9 Å². The highest BCUT2D eigenvalue weighted by molar-refractivity contribution is 7.07. The number of thiazole rings is 1. The summed E-state index contributed by atoms with van der Waals surface area (Å²) in [6.45, 7) is 8.24. The second-order valence-electron chi connectivity index (χ2n) is 3.66. The van der Waals surface area contributed by atoms with Crippen molar-refractivity contribution >= 4 is 17.3 Å². The highest BCUT2D eigenvalue weighted by Crippen LogP contribution is 2.24. The van der Waals surface area contributed by atoms with Gasteiger partial charge in [-0.2, -0.15) is 0 Å². The van der Waals surface area contributed by atoms with Gasteiger partial charge in [0.05, 0.1) is 30.3 Å². The summed E-state index contributed by atoms with van der Waals surface area (Å²) >= 11 is 1.56. The van der Waals surface area contributed by atoms with E-state index in [9.17, 15) is 4.79 Å². The van der Waals surface area contributed by atoms with Gasteiger partial charge < -0.3 is 4.74 Å². The van der Waals surface area contributed by atoms with Gasteiger partial charge in [-0.3, -0.25) is 9.69 Å². The quantitative estimate of drug-likeness (QED) is 0.703. The van der Waals surface area contributed by atoms with E-state index in [2.05, 4.69) is 23.7 Å². The van der Waals surface area contributed by atoms with E-state index in [1.807, 2.05) is 12.3 Å². The van der Waals surface area contributed by atoms with Crippen molar-refractivity contribution < 1.29 is 9.53 Å². The molecular weight excluding hydrogens is 236 g/mol. The number of aromatic nitrogens is 1. The van der Waals surface area contributed by atoms with Crippen molar-refractivity contribution in [3.05, 3.63) is 16.6 Å². The molecule has 5 heteroatoms. The predicted octanol–water partition coefficient (Wildman–Crippen LogP) is 2.48. The number of hydrogen-bond donors (Lipinski definition) is 0. The molecule has 0 fully saturated rings. The largest absolute Gasteiger partial charge is 0.466 e. The molecule has 17 heavy (non-hydrogen) atoms. The van der Waals surface area contributed by atoms with Gasteiger partial charge in [0.1, 0.15) is 0 Å². The van der Waals surface area contributed by atoms with Crippen molar-refractivity contribution in [3.63, 3.8) is 0 Å². The number of hydrogen-bond acceptors (Lipinski definition) is 5. The van der Waals surface area contributed by atoms with E-state index in [-0.39, 0.29) is 12.0 Å². The Morgan fingerprint density at radius 3 is 2.65 bits per heavy atom. The van der Waals surface area contributed by atoms with Crippen molar-refractivity contribution in [1.29, 1.82) is 0 Å². The number of ether oxygens (including phenoxy) is 1. The fourth-order valence-electron chi connectivity index (χ4n) is 1.85. The normalized spacial score (nSPS) is 12.7. The Labute approximate surface area is 107 Å². The summed E-state index contributed by atoms with van der Waals surface area (Å²) in [6.07, 6.45) is 0.374. The summed E-state index contributed by atoms with van der Waals surface area (Å²) < 4.78 is 5.02. The van der Waals surface area contributed by atoms with Crippen LogP contribution < -0.4 is 0 Å². The van der Waals surface area contributed by atoms with Crippen molar-refractivity contribution in [2.45, 2.75) is 33.2 Å². The van der Waals surface area contributed by atoms with E-state index in [0.717, 1.165) is 18.8 Å². The van der Waals surface area contributed by atoms with Gasteiger partial charge in [0.2, 0.25) is 0 Å². The van der Waals surface area contributed by atoms with Crippen molar-refractivity contribution in [1.82, 2.24) is 9.88 Å². The maximum atomic E-state index is 11.6. The summed E-state index contributed by atoms with van der Waals surface area (Å²) in [7, 11) is 0. The van der Waals surface area contributed by atoms with Crippen molar-refractivity contribution in [2.24, 2.45) is 0 Å². The zero-order valence-electron chi connectivity index (χ0n) is 10.7. The third kappa shape index (κ3) is 4.09. The molecule has 0 saturated heterocycles. The van der Waals surface area contributed by atoms with Gasteiger partial charge in [0.15, 0.2) is 0 Å². The molecule has 0 aliphatic rings. The van der Waals surface area contributed by atoms with Gasteiger partial charge >= 0.3 is 5.97 Å². The van der Waals surface area contributed by atoms with Crippen LogP contribution in [0.3, 0.4) is 0 Å². The van der Waals surface area contributed by atoms with Crippen molar-refractivity contribution in [2.75, 3.05) is 19.7 Å². The van der Waals surface area contributed by atoms with Crippen LogP contribution in [0.4, 0.5) is 0 Å². The first-order valence-electron chi connectivity index (χ1n) is 6.00. The lowest BCUT2D eigenvalue weighted by Crippen LogP contribution is -2.30. The summed E-state index contributed by atoms with van der Waals surface area (Å²) in [6, 6.07) is 0.0373. The van der Waals surface area contributed by atoms with Crippen LogP contribution in [0, 0.1) is 0 Å².